The molecular weight excluding hydrogens is 212 g/mol. The number of amides is 1. The SMILES string of the molecule is CCNC(=O)c1cccc(C2(N)CCCC2)c1. The highest BCUT2D eigenvalue weighted by atomic mass is 16.1. The summed E-state index contributed by atoms with van der Waals surface area (Å²) >= 11 is 0. The Balaban J connectivity index is 2.25. The lowest BCUT2D eigenvalue weighted by Gasteiger charge is -2.24. The molecule has 1 saturated carbocycles. The Morgan fingerprint density at radius 1 is 1.41 bits per heavy atom. The molecule has 0 spiro atoms. The smallest absolute Gasteiger partial charge is 0.251 e. The van der Waals surface area contributed by atoms with Crippen molar-refractivity contribution in [2.45, 2.75) is 38.1 Å². The van der Waals surface area contributed by atoms with Crippen molar-refractivity contribution < 1.29 is 4.79 Å². The zero-order chi connectivity index (χ0) is 12.3. The Bertz CT molecular complexity index is 408. The average Bonchev–Trinajstić information content (AvgIpc) is 2.78. The number of nitrogens with one attached hydrogen (secondary N) is 1. The largest absolute Gasteiger partial charge is 0.352 e. The van der Waals surface area contributed by atoms with E-state index in [9.17, 15) is 4.79 Å². The van der Waals surface area contributed by atoms with Crippen LogP contribution in [0.25, 0.3) is 0 Å². The minimum Gasteiger partial charge on any atom is -0.352 e. The van der Waals surface area contributed by atoms with E-state index in [0.29, 0.717) is 12.1 Å². The van der Waals surface area contributed by atoms with Crippen LogP contribution in [0.1, 0.15) is 48.5 Å². The van der Waals surface area contributed by atoms with Crippen molar-refractivity contribution >= 4 is 5.91 Å². The van der Waals surface area contributed by atoms with Gasteiger partial charge in [-0.25, -0.2) is 0 Å². The average molecular weight is 232 g/mol. The molecule has 1 aromatic carbocycles. The Hall–Kier alpha value is -1.35. The zero-order valence-electron chi connectivity index (χ0n) is 10.3. The predicted octanol–water partition coefficient (Wildman–Crippen LogP) is 2.16. The van der Waals surface area contributed by atoms with Crippen LogP contribution in [0.3, 0.4) is 0 Å². The van der Waals surface area contributed by atoms with E-state index in [-0.39, 0.29) is 11.4 Å². The number of carbonyl (C=O) groups excluding carboxylic acids is 1. The van der Waals surface area contributed by atoms with Gasteiger partial charge < -0.3 is 11.1 Å². The van der Waals surface area contributed by atoms with Crippen molar-refractivity contribution in [1.82, 2.24) is 5.32 Å². The van der Waals surface area contributed by atoms with E-state index in [1.807, 2.05) is 31.2 Å². The molecule has 92 valence electrons. The van der Waals surface area contributed by atoms with Gasteiger partial charge in [0.2, 0.25) is 0 Å². The molecule has 1 aromatic rings. The van der Waals surface area contributed by atoms with E-state index in [1.165, 1.54) is 12.8 Å². The lowest BCUT2D eigenvalue weighted by atomic mass is 9.88. The van der Waals surface area contributed by atoms with Gasteiger partial charge in [-0.15, -0.1) is 0 Å². The molecule has 0 aromatic heterocycles. The maximum absolute atomic E-state index is 11.8. The summed E-state index contributed by atoms with van der Waals surface area (Å²) in [6, 6.07) is 7.74. The highest BCUT2D eigenvalue weighted by Crippen LogP contribution is 2.36. The molecule has 1 aliphatic rings. The van der Waals surface area contributed by atoms with Crippen LogP contribution >= 0.6 is 0 Å². The van der Waals surface area contributed by atoms with E-state index in [2.05, 4.69) is 5.32 Å². The molecular formula is C14H20N2O. The highest BCUT2D eigenvalue weighted by Gasteiger charge is 2.31. The molecule has 3 N–H and O–H groups in total. The third-order valence-electron chi connectivity index (χ3n) is 3.53. The van der Waals surface area contributed by atoms with Crippen LogP contribution in [0.15, 0.2) is 24.3 Å². The molecule has 1 amide bonds. The third kappa shape index (κ3) is 2.50. The summed E-state index contributed by atoms with van der Waals surface area (Å²) in [5.74, 6) is -0.0176. The predicted molar refractivity (Wildman–Crippen MR) is 68.8 cm³/mol. The van der Waals surface area contributed by atoms with E-state index in [4.69, 9.17) is 5.73 Å². The molecule has 3 heteroatoms. The first kappa shape index (κ1) is 12.1. The van der Waals surface area contributed by atoms with E-state index in [0.717, 1.165) is 18.4 Å². The Morgan fingerprint density at radius 2 is 2.12 bits per heavy atom. The van der Waals surface area contributed by atoms with Crippen molar-refractivity contribution in [3.8, 4) is 0 Å². The molecule has 0 saturated heterocycles. The van der Waals surface area contributed by atoms with Crippen molar-refractivity contribution in [2.75, 3.05) is 6.54 Å². The van der Waals surface area contributed by atoms with Crippen LogP contribution in [0.2, 0.25) is 0 Å². The second-order valence-electron chi connectivity index (χ2n) is 4.80. The summed E-state index contributed by atoms with van der Waals surface area (Å²) in [6.07, 6.45) is 4.40. The van der Waals surface area contributed by atoms with E-state index in [1.54, 1.807) is 0 Å². The van der Waals surface area contributed by atoms with Crippen LogP contribution in [-0.4, -0.2) is 12.5 Å². The van der Waals surface area contributed by atoms with Crippen LogP contribution < -0.4 is 11.1 Å². The number of carbonyl (C=O) groups is 1. The standard InChI is InChI=1S/C14H20N2O/c1-2-16-13(17)11-6-5-7-12(10-11)14(15)8-3-4-9-14/h5-7,10H,2-4,8-9,15H2,1H3,(H,16,17). The molecule has 1 aliphatic carbocycles. The summed E-state index contributed by atoms with van der Waals surface area (Å²) in [5.41, 5.74) is 7.98. The van der Waals surface area contributed by atoms with Crippen molar-refractivity contribution in [1.29, 1.82) is 0 Å². The lowest BCUT2D eigenvalue weighted by molar-refractivity contribution is 0.0955. The third-order valence-corrected chi connectivity index (χ3v) is 3.53. The molecule has 0 aliphatic heterocycles. The van der Waals surface area contributed by atoms with Gasteiger partial charge in [0.25, 0.3) is 5.91 Å². The fourth-order valence-electron chi connectivity index (χ4n) is 2.53. The molecule has 0 atom stereocenters. The van der Waals surface area contributed by atoms with E-state index >= 15 is 0 Å². The van der Waals surface area contributed by atoms with Crippen LogP contribution in [0.5, 0.6) is 0 Å². The van der Waals surface area contributed by atoms with Gasteiger partial charge in [0.05, 0.1) is 0 Å². The van der Waals surface area contributed by atoms with Gasteiger partial charge >= 0.3 is 0 Å². The summed E-state index contributed by atoms with van der Waals surface area (Å²) < 4.78 is 0. The fourth-order valence-corrected chi connectivity index (χ4v) is 2.53. The van der Waals surface area contributed by atoms with Crippen molar-refractivity contribution in [3.63, 3.8) is 0 Å². The van der Waals surface area contributed by atoms with Gasteiger partial charge in [-0.3, -0.25) is 4.79 Å². The second-order valence-corrected chi connectivity index (χ2v) is 4.80. The monoisotopic (exact) mass is 232 g/mol. The van der Waals surface area contributed by atoms with Gasteiger partial charge in [0.15, 0.2) is 0 Å². The summed E-state index contributed by atoms with van der Waals surface area (Å²) in [5, 5.41) is 2.81. The number of benzene rings is 1. The zero-order valence-corrected chi connectivity index (χ0v) is 10.3. The summed E-state index contributed by atoms with van der Waals surface area (Å²) in [7, 11) is 0. The maximum Gasteiger partial charge on any atom is 0.251 e. The van der Waals surface area contributed by atoms with Crippen molar-refractivity contribution in [3.05, 3.63) is 35.4 Å². The lowest BCUT2D eigenvalue weighted by Crippen LogP contribution is -2.33. The molecule has 0 heterocycles. The molecule has 1 fully saturated rings. The molecule has 17 heavy (non-hydrogen) atoms. The molecule has 0 radical (unpaired) electrons. The second kappa shape index (κ2) is 4.88. The molecule has 0 bridgehead atoms. The summed E-state index contributed by atoms with van der Waals surface area (Å²) in [6.45, 7) is 2.57. The molecule has 0 unspecified atom stereocenters. The normalized spacial score (nSPS) is 18.0. The minimum absolute atomic E-state index is 0.0176. The Morgan fingerprint density at radius 3 is 2.76 bits per heavy atom. The van der Waals surface area contributed by atoms with Gasteiger partial charge in [-0.1, -0.05) is 25.0 Å². The van der Waals surface area contributed by atoms with Crippen LogP contribution in [0.4, 0.5) is 0 Å². The fraction of sp³-hybridized carbons (Fsp3) is 0.500. The number of nitrogens with two attached hydrogens (primary N) is 1. The minimum atomic E-state index is -0.220. The van der Waals surface area contributed by atoms with E-state index < -0.39 is 0 Å². The first-order valence-corrected chi connectivity index (χ1v) is 6.33. The van der Waals surface area contributed by atoms with Crippen LogP contribution in [0, 0.1) is 0 Å². The molecule has 3 nitrogen and oxygen atoms in total. The first-order chi connectivity index (χ1) is 8.15. The van der Waals surface area contributed by atoms with Gasteiger partial charge in [0, 0.05) is 17.6 Å². The topological polar surface area (TPSA) is 55.1 Å². The van der Waals surface area contributed by atoms with Gasteiger partial charge in [-0.05, 0) is 37.5 Å². The number of hydrogen-bond acceptors (Lipinski definition) is 2. The highest BCUT2D eigenvalue weighted by molar-refractivity contribution is 5.94. The Labute approximate surface area is 102 Å². The summed E-state index contributed by atoms with van der Waals surface area (Å²) in [4.78, 5) is 11.8. The number of rotatable bonds is 3. The Kier molecular flexibility index (Phi) is 3.48. The molecule has 2 rings (SSSR count). The quantitative estimate of drug-likeness (QED) is 0.839. The van der Waals surface area contributed by atoms with Gasteiger partial charge in [-0.2, -0.15) is 0 Å². The maximum atomic E-state index is 11.8. The van der Waals surface area contributed by atoms with Crippen molar-refractivity contribution in [2.24, 2.45) is 5.73 Å². The number of hydrogen-bond donors (Lipinski definition) is 2. The van der Waals surface area contributed by atoms with Gasteiger partial charge in [0.1, 0.15) is 0 Å². The first-order valence-electron chi connectivity index (χ1n) is 6.33. The van der Waals surface area contributed by atoms with Crippen LogP contribution in [-0.2, 0) is 5.54 Å².